The molecule has 0 aromatic carbocycles. The lowest BCUT2D eigenvalue weighted by Gasteiger charge is -2.01. The largest absolute Gasteiger partial charge is 0.465 e. The number of fused-ring (bicyclic) bond motifs is 1. The molecule has 0 fully saturated rings. The second-order valence-corrected chi connectivity index (χ2v) is 2.89. The van der Waals surface area contributed by atoms with E-state index in [2.05, 4.69) is 15.0 Å². The smallest absolute Gasteiger partial charge is 0.339 e. The van der Waals surface area contributed by atoms with Crippen LogP contribution in [0.2, 0.25) is 0 Å². The van der Waals surface area contributed by atoms with Crippen molar-refractivity contribution in [3.63, 3.8) is 0 Å². The fraction of sp³-hybridized carbons (Fsp3) is 0.333. The van der Waals surface area contributed by atoms with Gasteiger partial charge >= 0.3 is 5.97 Å². The summed E-state index contributed by atoms with van der Waals surface area (Å²) >= 11 is 0. The normalized spacial score (nSPS) is 13.3. The van der Waals surface area contributed by atoms with E-state index in [1.165, 1.54) is 7.11 Å². The first-order valence-electron chi connectivity index (χ1n) is 4.12. The highest BCUT2D eigenvalue weighted by molar-refractivity contribution is 5.90. The molecule has 1 aliphatic rings. The second-order valence-electron chi connectivity index (χ2n) is 2.89. The van der Waals surface area contributed by atoms with Gasteiger partial charge in [-0.3, -0.25) is 4.98 Å². The van der Waals surface area contributed by atoms with E-state index in [0.717, 1.165) is 24.3 Å². The van der Waals surface area contributed by atoms with Crippen molar-refractivity contribution in [2.24, 2.45) is 0 Å². The summed E-state index contributed by atoms with van der Waals surface area (Å²) < 4.78 is 4.59. The van der Waals surface area contributed by atoms with Crippen LogP contribution in [0.5, 0.6) is 0 Å². The number of hydrogen-bond acceptors (Lipinski definition) is 4. The molecule has 0 amide bonds. The number of hydrogen-bond donors (Lipinski definition) is 1. The summed E-state index contributed by atoms with van der Waals surface area (Å²) in [5, 5.41) is 3.15. The van der Waals surface area contributed by atoms with E-state index >= 15 is 0 Å². The van der Waals surface area contributed by atoms with Crippen LogP contribution in [0.1, 0.15) is 16.1 Å². The highest BCUT2D eigenvalue weighted by atomic mass is 16.5. The summed E-state index contributed by atoms with van der Waals surface area (Å²) in [6.07, 6.45) is 2.48. The molecule has 1 N–H and O–H groups in total. The predicted octanol–water partition coefficient (Wildman–Crippen LogP) is 0.836. The number of nitrogens with zero attached hydrogens (tertiary/aromatic N) is 1. The fourth-order valence-corrected chi connectivity index (χ4v) is 1.39. The molecule has 0 saturated heterocycles. The van der Waals surface area contributed by atoms with E-state index in [0.29, 0.717) is 5.56 Å². The Morgan fingerprint density at radius 2 is 2.54 bits per heavy atom. The maximum absolute atomic E-state index is 11.1. The van der Waals surface area contributed by atoms with Gasteiger partial charge in [0.1, 0.15) is 0 Å². The van der Waals surface area contributed by atoms with Crippen LogP contribution in [0.25, 0.3) is 0 Å². The lowest BCUT2D eigenvalue weighted by Crippen LogP contribution is -2.02. The van der Waals surface area contributed by atoms with Crippen LogP contribution < -0.4 is 5.32 Å². The van der Waals surface area contributed by atoms with Gasteiger partial charge in [0.15, 0.2) is 0 Å². The molecule has 1 aromatic heterocycles. The van der Waals surface area contributed by atoms with Gasteiger partial charge in [-0.15, -0.1) is 0 Å². The molecular weight excluding hydrogens is 168 g/mol. The Morgan fingerprint density at radius 3 is 3.31 bits per heavy atom. The number of pyridine rings is 1. The quantitative estimate of drug-likeness (QED) is 0.647. The molecule has 68 valence electrons. The number of rotatable bonds is 1. The number of anilines is 1. The second kappa shape index (κ2) is 3.05. The molecule has 2 heterocycles. The molecule has 1 aliphatic heterocycles. The first kappa shape index (κ1) is 8.04. The SMILES string of the molecule is COC(=O)c1cnc2c(c1)NCC2. The molecule has 0 saturated carbocycles. The molecule has 1 aromatic rings. The van der Waals surface area contributed by atoms with Crippen LogP contribution in [0.15, 0.2) is 12.3 Å². The number of aromatic nitrogens is 1. The Labute approximate surface area is 75.9 Å². The topological polar surface area (TPSA) is 51.2 Å². The molecule has 13 heavy (non-hydrogen) atoms. The summed E-state index contributed by atoms with van der Waals surface area (Å²) in [5.41, 5.74) is 2.46. The van der Waals surface area contributed by atoms with Crippen LogP contribution in [0.3, 0.4) is 0 Å². The van der Waals surface area contributed by atoms with Crippen molar-refractivity contribution in [3.8, 4) is 0 Å². The van der Waals surface area contributed by atoms with E-state index in [9.17, 15) is 4.79 Å². The van der Waals surface area contributed by atoms with Crippen molar-refractivity contribution in [3.05, 3.63) is 23.5 Å². The van der Waals surface area contributed by atoms with Crippen LogP contribution >= 0.6 is 0 Å². The van der Waals surface area contributed by atoms with Gasteiger partial charge in [-0.1, -0.05) is 0 Å². The third kappa shape index (κ3) is 1.35. The first-order valence-corrected chi connectivity index (χ1v) is 4.12. The zero-order valence-corrected chi connectivity index (χ0v) is 7.33. The van der Waals surface area contributed by atoms with Crippen molar-refractivity contribution in [1.82, 2.24) is 4.98 Å². The van der Waals surface area contributed by atoms with Crippen LogP contribution in [0.4, 0.5) is 5.69 Å². The van der Waals surface area contributed by atoms with Gasteiger partial charge in [-0.2, -0.15) is 0 Å². The van der Waals surface area contributed by atoms with Gasteiger partial charge in [0.25, 0.3) is 0 Å². The van der Waals surface area contributed by atoms with E-state index in [1.54, 1.807) is 12.3 Å². The minimum absolute atomic E-state index is 0.344. The number of methoxy groups -OCH3 is 1. The van der Waals surface area contributed by atoms with Gasteiger partial charge in [0.2, 0.25) is 0 Å². The number of ether oxygens (including phenoxy) is 1. The minimum Gasteiger partial charge on any atom is -0.465 e. The number of esters is 1. The minimum atomic E-state index is -0.344. The predicted molar refractivity (Wildman–Crippen MR) is 47.8 cm³/mol. The van der Waals surface area contributed by atoms with Crippen molar-refractivity contribution in [2.45, 2.75) is 6.42 Å². The number of carbonyl (C=O) groups is 1. The molecule has 4 heteroatoms. The van der Waals surface area contributed by atoms with Gasteiger partial charge in [-0.25, -0.2) is 4.79 Å². The molecule has 0 spiro atoms. The summed E-state index contributed by atoms with van der Waals surface area (Å²) in [7, 11) is 1.36. The van der Waals surface area contributed by atoms with Crippen LogP contribution in [-0.2, 0) is 11.2 Å². The Hall–Kier alpha value is -1.58. The third-order valence-corrected chi connectivity index (χ3v) is 2.07. The maximum atomic E-state index is 11.1. The van der Waals surface area contributed by atoms with Crippen LogP contribution in [0, 0.1) is 0 Å². The zero-order chi connectivity index (χ0) is 9.26. The fourth-order valence-electron chi connectivity index (χ4n) is 1.39. The van der Waals surface area contributed by atoms with Gasteiger partial charge in [0.05, 0.1) is 24.1 Å². The molecule has 2 rings (SSSR count). The van der Waals surface area contributed by atoms with Crippen molar-refractivity contribution < 1.29 is 9.53 Å². The average Bonchev–Trinajstić information content (AvgIpc) is 2.63. The lowest BCUT2D eigenvalue weighted by atomic mass is 10.2. The summed E-state index contributed by atoms with van der Waals surface area (Å²) in [4.78, 5) is 15.3. The standard InChI is InChI=1S/C9H10N2O2/c1-13-9(12)6-4-8-7(11-5-6)2-3-10-8/h4-5,10H,2-3H2,1H3. The summed E-state index contributed by atoms with van der Waals surface area (Å²) in [6.45, 7) is 0.896. The van der Waals surface area contributed by atoms with E-state index in [4.69, 9.17) is 0 Å². The average molecular weight is 178 g/mol. The lowest BCUT2D eigenvalue weighted by molar-refractivity contribution is 0.0600. The van der Waals surface area contributed by atoms with Crippen LogP contribution in [-0.4, -0.2) is 24.6 Å². The van der Waals surface area contributed by atoms with Crippen molar-refractivity contribution in [2.75, 3.05) is 19.0 Å². The highest BCUT2D eigenvalue weighted by Gasteiger charge is 2.14. The van der Waals surface area contributed by atoms with E-state index in [1.807, 2.05) is 0 Å². The monoisotopic (exact) mass is 178 g/mol. The first-order chi connectivity index (χ1) is 6.31. The Bertz CT molecular complexity index is 349. The molecule has 0 atom stereocenters. The number of carbonyl (C=O) groups excluding carboxylic acids is 1. The van der Waals surface area contributed by atoms with E-state index < -0.39 is 0 Å². The molecule has 0 unspecified atom stereocenters. The summed E-state index contributed by atoms with van der Waals surface area (Å²) in [6, 6.07) is 1.78. The third-order valence-electron chi connectivity index (χ3n) is 2.07. The van der Waals surface area contributed by atoms with Gasteiger partial charge in [0, 0.05) is 19.2 Å². The summed E-state index contributed by atoms with van der Waals surface area (Å²) in [5.74, 6) is -0.344. The Kier molecular flexibility index (Phi) is 1.88. The molecular formula is C9H10N2O2. The van der Waals surface area contributed by atoms with Gasteiger partial charge < -0.3 is 10.1 Å². The highest BCUT2D eigenvalue weighted by Crippen LogP contribution is 2.20. The zero-order valence-electron chi connectivity index (χ0n) is 7.33. The maximum Gasteiger partial charge on any atom is 0.339 e. The van der Waals surface area contributed by atoms with E-state index in [-0.39, 0.29) is 5.97 Å². The number of nitrogens with one attached hydrogen (secondary N) is 1. The Morgan fingerprint density at radius 1 is 1.69 bits per heavy atom. The van der Waals surface area contributed by atoms with Crippen molar-refractivity contribution >= 4 is 11.7 Å². The molecule has 0 aliphatic carbocycles. The Balaban J connectivity index is 2.36. The molecule has 0 radical (unpaired) electrons. The van der Waals surface area contributed by atoms with Gasteiger partial charge in [-0.05, 0) is 6.07 Å². The molecule has 4 nitrogen and oxygen atoms in total. The molecule has 0 bridgehead atoms. The van der Waals surface area contributed by atoms with Crippen molar-refractivity contribution in [1.29, 1.82) is 0 Å².